The second kappa shape index (κ2) is 36.8. The monoisotopic (exact) mass is 1280 g/mol. The largest absolute Gasteiger partial charge is 1.00 e. The molecule has 0 bridgehead atoms. The zero-order valence-corrected chi connectivity index (χ0v) is 54.3. The standard InChI is InChI=1S/C24H25NO6.C22H21NO6.C14H15NO3.C10H12O4.Li.H2O/c1-5-30-24(27)20-14-22(31-15(20)2)16-6-9-18(10-7-16)25-23(26)12-17-8-11-19(28-3)13-21(17)29-4;1-13-18(22(25)26)12-20(29-13)14-4-7-16(8-5-14)23-21(24)10-15-6-9-17(27-2)11-19(15)28-3;1-3-17-14(16)12-8-13(18-9(12)2)10-4-6-11(15)7-5-10;1-13-8-4-3-7(5-10(11)12)9(6-8)14-2;;/h6-11,13-14H,5,12H2,1-4H3,(H,25,26);4-9,11-12H,10H2,1-3H3,(H,23,24)(H,25,26);4-8H,3,15H2,1-2H3;3-4,6H,5H2,1-2H3,(H,11,12);;1H2/q;;;;+1;/p-1. The fourth-order valence-electron chi connectivity index (χ4n) is 8.90. The zero-order valence-electron chi connectivity index (χ0n) is 54.3. The van der Waals surface area contributed by atoms with E-state index in [1.165, 1.54) is 13.2 Å². The molecular formula is C70H74LiN3O20. The van der Waals surface area contributed by atoms with Gasteiger partial charge < -0.3 is 83.2 Å². The number of esters is 2. The van der Waals surface area contributed by atoms with Crippen LogP contribution in [0.15, 0.2) is 159 Å². The van der Waals surface area contributed by atoms with Gasteiger partial charge in [-0.15, -0.1) is 0 Å². The molecule has 0 saturated carbocycles. The number of nitrogens with one attached hydrogen (secondary N) is 2. The Labute approximate surface area is 555 Å². The SMILES string of the molecule is CCOC(=O)c1cc(-c2ccc(N)cc2)oc1C.CCOC(=O)c1cc(-c2ccc(NC(=O)Cc3ccc(OC)cc3OC)cc2)oc1C.COc1ccc(CC(=O)Nc2ccc(-c3cc(C(=O)O)c(C)o3)cc2)c(OC)c1.COc1ccc(CC(=O)O)c(OC)c1.[Li+].[OH-]. The van der Waals surface area contributed by atoms with Crippen molar-refractivity contribution in [2.45, 2.75) is 53.9 Å². The van der Waals surface area contributed by atoms with Gasteiger partial charge >= 0.3 is 42.7 Å². The minimum absolute atomic E-state index is 0. The van der Waals surface area contributed by atoms with Crippen LogP contribution in [-0.4, -0.2) is 107 Å². The van der Waals surface area contributed by atoms with Gasteiger partial charge in [0.05, 0.1) is 75.1 Å². The molecule has 3 heterocycles. The van der Waals surface area contributed by atoms with Crippen LogP contribution < -0.4 is 63.6 Å². The maximum atomic E-state index is 12.5. The zero-order chi connectivity index (χ0) is 67.0. The van der Waals surface area contributed by atoms with Gasteiger partial charge in [-0.25, -0.2) is 14.4 Å². The molecule has 0 aliphatic heterocycles. The van der Waals surface area contributed by atoms with E-state index in [0.717, 1.165) is 27.8 Å². The number of aromatic carboxylic acids is 1. The molecule has 0 radical (unpaired) electrons. The van der Waals surface area contributed by atoms with Gasteiger partial charge in [0.2, 0.25) is 11.8 Å². The first-order valence-electron chi connectivity index (χ1n) is 28.5. The van der Waals surface area contributed by atoms with Gasteiger partial charge in [-0.2, -0.15) is 0 Å². The molecule has 0 saturated heterocycles. The topological polar surface area (TPSA) is 336 Å². The number of carboxylic acids is 2. The van der Waals surface area contributed by atoms with E-state index in [4.69, 9.17) is 67.1 Å². The number of anilines is 3. The summed E-state index contributed by atoms with van der Waals surface area (Å²) in [6.45, 7) is 9.25. The minimum Gasteiger partial charge on any atom is -0.870 e. The van der Waals surface area contributed by atoms with Crippen molar-refractivity contribution < 1.29 is 114 Å². The number of amides is 2. The molecule has 7 N–H and O–H groups in total. The van der Waals surface area contributed by atoms with Gasteiger partial charge in [-0.3, -0.25) is 14.4 Å². The summed E-state index contributed by atoms with van der Waals surface area (Å²) in [6, 6.07) is 42.0. The molecule has 490 valence electrons. The Balaban J connectivity index is 0.000000277. The van der Waals surface area contributed by atoms with E-state index in [0.29, 0.717) is 116 Å². The average Bonchev–Trinajstić information content (AvgIpc) is 1.68. The summed E-state index contributed by atoms with van der Waals surface area (Å²) in [6.07, 6.45) is 0.261. The normalized spacial score (nSPS) is 10.1. The van der Waals surface area contributed by atoms with Gasteiger partial charge in [-0.05, 0) is 144 Å². The Morgan fingerprint density at radius 2 is 0.734 bits per heavy atom. The Kier molecular flexibility index (Phi) is 29.6. The number of carbonyl (C=O) groups is 6. The third kappa shape index (κ3) is 21.4. The number of furan rings is 3. The van der Waals surface area contributed by atoms with Gasteiger partial charge in [0.1, 0.15) is 85.7 Å². The van der Waals surface area contributed by atoms with Crippen molar-refractivity contribution in [3.05, 3.63) is 196 Å². The fraction of sp³-hybridized carbons (Fsp3) is 0.229. The number of nitrogens with two attached hydrogens (primary N) is 1. The van der Waals surface area contributed by atoms with E-state index >= 15 is 0 Å². The van der Waals surface area contributed by atoms with Crippen LogP contribution >= 0.6 is 0 Å². The maximum Gasteiger partial charge on any atom is 1.00 e. The number of hydrogen-bond acceptors (Lipinski definition) is 19. The number of benzene rings is 6. The molecule has 24 heteroatoms. The summed E-state index contributed by atoms with van der Waals surface area (Å²) >= 11 is 0. The number of nitrogen functional groups attached to an aromatic ring is 1. The van der Waals surface area contributed by atoms with Crippen LogP contribution in [0, 0.1) is 20.8 Å². The number of ether oxygens (including phenoxy) is 8. The Bertz CT molecular complexity index is 3980. The van der Waals surface area contributed by atoms with Gasteiger partial charge in [-0.1, -0.05) is 18.2 Å². The summed E-state index contributed by atoms with van der Waals surface area (Å²) in [5.41, 5.74) is 13.1. The van der Waals surface area contributed by atoms with Crippen LogP contribution in [0.5, 0.6) is 34.5 Å². The van der Waals surface area contributed by atoms with Crippen molar-refractivity contribution in [2.75, 3.05) is 72.2 Å². The molecule has 3 aromatic heterocycles. The van der Waals surface area contributed by atoms with Crippen LogP contribution in [0.1, 0.15) is 78.9 Å². The summed E-state index contributed by atoms with van der Waals surface area (Å²) in [7, 11) is 9.29. The number of carboxylic acid groups (broad SMARTS) is 2. The molecule has 23 nitrogen and oxygen atoms in total. The van der Waals surface area contributed by atoms with Crippen molar-refractivity contribution >= 4 is 52.8 Å². The molecule has 9 rings (SSSR count). The van der Waals surface area contributed by atoms with E-state index in [9.17, 15) is 28.8 Å². The van der Waals surface area contributed by atoms with Crippen LogP contribution in [0.4, 0.5) is 17.1 Å². The first-order valence-corrected chi connectivity index (χ1v) is 28.5. The quantitative estimate of drug-likeness (QED) is 0.0239. The molecule has 0 aliphatic carbocycles. The summed E-state index contributed by atoms with van der Waals surface area (Å²) in [5, 5.41) is 23.5. The molecule has 0 spiro atoms. The number of hydrogen-bond donors (Lipinski definition) is 5. The van der Waals surface area contributed by atoms with E-state index in [-0.39, 0.29) is 66.9 Å². The van der Waals surface area contributed by atoms with Crippen LogP contribution in [0.25, 0.3) is 34.0 Å². The van der Waals surface area contributed by atoms with Gasteiger partial charge in [0, 0.05) is 68.6 Å². The van der Waals surface area contributed by atoms with Crippen molar-refractivity contribution in [2.24, 2.45) is 0 Å². The third-order valence-corrected chi connectivity index (χ3v) is 13.6. The predicted octanol–water partition coefficient (Wildman–Crippen LogP) is 9.95. The van der Waals surface area contributed by atoms with Crippen LogP contribution in [0.2, 0.25) is 0 Å². The summed E-state index contributed by atoms with van der Waals surface area (Å²) in [5.74, 6) is 3.68. The van der Waals surface area contributed by atoms with Gasteiger partial charge in [0.25, 0.3) is 0 Å². The third-order valence-electron chi connectivity index (χ3n) is 13.6. The molecule has 9 aromatic rings. The van der Waals surface area contributed by atoms with Crippen LogP contribution in [-0.2, 0) is 43.1 Å². The minimum atomic E-state index is -1.03. The molecule has 0 atom stereocenters. The Morgan fingerprint density at radius 3 is 1.02 bits per heavy atom. The second-order valence-electron chi connectivity index (χ2n) is 19.8. The Morgan fingerprint density at radius 1 is 0.426 bits per heavy atom. The predicted molar refractivity (Wildman–Crippen MR) is 347 cm³/mol. The van der Waals surface area contributed by atoms with E-state index in [2.05, 4.69) is 10.6 Å². The van der Waals surface area contributed by atoms with Crippen LogP contribution in [0.3, 0.4) is 0 Å². The van der Waals surface area contributed by atoms with E-state index in [1.54, 1.807) is 185 Å². The molecule has 0 unspecified atom stereocenters. The van der Waals surface area contributed by atoms with Crippen molar-refractivity contribution in [1.29, 1.82) is 0 Å². The Hall–Kier alpha value is -10.9. The van der Waals surface area contributed by atoms with E-state index in [1.807, 2.05) is 24.3 Å². The maximum absolute atomic E-state index is 12.5. The fourth-order valence-corrected chi connectivity index (χ4v) is 8.90. The number of carbonyl (C=O) groups excluding carboxylic acids is 4. The van der Waals surface area contributed by atoms with Crippen molar-refractivity contribution in [1.82, 2.24) is 0 Å². The summed E-state index contributed by atoms with van der Waals surface area (Å²) in [4.78, 5) is 70.2. The second-order valence-corrected chi connectivity index (χ2v) is 19.8. The average molecular weight is 1280 g/mol. The molecular weight excluding hydrogens is 1210 g/mol. The van der Waals surface area contributed by atoms with Crippen molar-refractivity contribution in [3.8, 4) is 68.5 Å². The number of aliphatic carboxylic acids is 1. The molecule has 0 aliphatic rings. The molecule has 0 fully saturated rings. The van der Waals surface area contributed by atoms with Gasteiger partial charge in [0.15, 0.2) is 0 Å². The summed E-state index contributed by atoms with van der Waals surface area (Å²) < 4.78 is 57.8. The first kappa shape index (κ1) is 75.6. The van der Waals surface area contributed by atoms with E-state index < -0.39 is 17.9 Å². The molecule has 6 aromatic carbocycles. The van der Waals surface area contributed by atoms with Crippen molar-refractivity contribution in [3.63, 3.8) is 0 Å². The number of aryl methyl sites for hydroxylation is 3. The smallest absolute Gasteiger partial charge is 0.870 e. The molecule has 94 heavy (non-hydrogen) atoms. The number of rotatable bonds is 22. The number of methoxy groups -OCH3 is 6. The first-order chi connectivity index (χ1) is 44.1. The molecule has 2 amide bonds.